The minimum absolute atomic E-state index is 0.0574. The summed E-state index contributed by atoms with van der Waals surface area (Å²) in [6.45, 7) is 0.223. The number of ether oxygens (including phenoxy) is 1. The van der Waals surface area contributed by atoms with Crippen molar-refractivity contribution in [2.75, 3.05) is 12.4 Å². The molecular weight excluding hydrogens is 342 g/mol. The predicted molar refractivity (Wildman–Crippen MR) is 95.4 cm³/mol. The van der Waals surface area contributed by atoms with Crippen LogP contribution in [0.25, 0.3) is 0 Å². The molecule has 0 bridgehead atoms. The molecule has 2 aliphatic heterocycles. The minimum Gasteiger partial charge on any atom is -0.379 e. The lowest BCUT2D eigenvalue weighted by Crippen LogP contribution is -2.48. The zero-order valence-corrected chi connectivity index (χ0v) is 14.3. The number of nitrogens with zero attached hydrogens (tertiary/aromatic N) is 1. The molecule has 0 spiro atoms. The van der Waals surface area contributed by atoms with Crippen LogP contribution in [0.1, 0.15) is 23.7 Å². The highest BCUT2D eigenvalue weighted by atomic mass is 32.2. The second kappa shape index (κ2) is 6.42. The van der Waals surface area contributed by atoms with E-state index in [9.17, 15) is 8.78 Å². The Morgan fingerprint density at radius 3 is 2.72 bits per heavy atom. The van der Waals surface area contributed by atoms with E-state index in [1.54, 1.807) is 0 Å². The van der Waals surface area contributed by atoms with E-state index in [1.807, 2.05) is 30.3 Å². The molecule has 1 saturated heterocycles. The van der Waals surface area contributed by atoms with Crippen molar-refractivity contribution in [1.29, 1.82) is 0 Å². The van der Waals surface area contributed by atoms with Gasteiger partial charge in [-0.3, -0.25) is 0 Å². The van der Waals surface area contributed by atoms with Gasteiger partial charge in [-0.1, -0.05) is 48.2 Å². The normalized spacial score (nSPS) is 29.0. The van der Waals surface area contributed by atoms with Gasteiger partial charge in [-0.2, -0.15) is 0 Å². The van der Waals surface area contributed by atoms with Gasteiger partial charge in [-0.25, -0.2) is 13.8 Å². The van der Waals surface area contributed by atoms with E-state index >= 15 is 0 Å². The zero-order valence-electron chi connectivity index (χ0n) is 13.5. The Morgan fingerprint density at radius 2 is 1.96 bits per heavy atom. The number of hydrogen-bond acceptors (Lipinski definition) is 4. The predicted octanol–water partition coefficient (Wildman–Crippen LogP) is 4.00. The second-order valence-corrected chi connectivity index (χ2v) is 7.49. The third-order valence-corrected chi connectivity index (χ3v) is 5.95. The molecule has 2 N–H and O–H groups in total. The molecule has 3 nitrogen and oxygen atoms in total. The Balaban J connectivity index is 1.73. The summed E-state index contributed by atoms with van der Waals surface area (Å²) in [6.07, 6.45) is 0.655. The largest absolute Gasteiger partial charge is 0.379 e. The van der Waals surface area contributed by atoms with Crippen LogP contribution in [0, 0.1) is 17.6 Å². The molecular formula is C19H18F2N2OS. The van der Waals surface area contributed by atoms with Gasteiger partial charge in [0.05, 0.1) is 12.7 Å². The van der Waals surface area contributed by atoms with E-state index in [0.717, 1.165) is 17.4 Å². The van der Waals surface area contributed by atoms with Gasteiger partial charge in [-0.05, 0) is 18.1 Å². The molecule has 2 heterocycles. The molecule has 1 fully saturated rings. The van der Waals surface area contributed by atoms with Gasteiger partial charge in [0.1, 0.15) is 17.2 Å². The third-order valence-electron chi connectivity index (χ3n) is 4.99. The fourth-order valence-electron chi connectivity index (χ4n) is 3.71. The summed E-state index contributed by atoms with van der Waals surface area (Å²) in [5.74, 6) is -0.409. The van der Waals surface area contributed by atoms with Gasteiger partial charge in [0.15, 0.2) is 5.17 Å². The molecule has 4 rings (SSSR count). The minimum atomic E-state index is -0.890. The van der Waals surface area contributed by atoms with Crippen LogP contribution in [0.3, 0.4) is 0 Å². The highest BCUT2D eigenvalue weighted by Gasteiger charge is 2.49. The van der Waals surface area contributed by atoms with E-state index in [0.29, 0.717) is 17.2 Å². The quantitative estimate of drug-likeness (QED) is 0.881. The number of aliphatic imine (C=N–C) groups is 1. The number of amidine groups is 1. The molecule has 0 radical (unpaired) electrons. The Kier molecular flexibility index (Phi) is 4.25. The molecule has 6 heteroatoms. The first-order chi connectivity index (χ1) is 12.1. The number of rotatable bonds is 2. The first-order valence-corrected chi connectivity index (χ1v) is 9.17. The van der Waals surface area contributed by atoms with Crippen molar-refractivity contribution in [3.8, 4) is 0 Å². The number of benzene rings is 2. The van der Waals surface area contributed by atoms with E-state index in [2.05, 4.69) is 4.99 Å². The maximum Gasteiger partial charge on any atom is 0.154 e. The van der Waals surface area contributed by atoms with Crippen molar-refractivity contribution in [2.24, 2.45) is 16.6 Å². The average molecular weight is 360 g/mol. The maximum atomic E-state index is 14.5. The molecule has 0 unspecified atom stereocenters. The molecule has 0 saturated carbocycles. The molecule has 2 aromatic carbocycles. The summed E-state index contributed by atoms with van der Waals surface area (Å²) in [4.78, 5) is 4.59. The Hall–Kier alpha value is -1.92. The molecule has 130 valence electrons. The number of nitrogens with two attached hydrogens (primary N) is 1. The Labute approximate surface area is 149 Å². The van der Waals surface area contributed by atoms with Crippen LogP contribution in [0.15, 0.2) is 53.5 Å². The average Bonchev–Trinajstić information content (AvgIpc) is 2.61. The van der Waals surface area contributed by atoms with Crippen molar-refractivity contribution >= 4 is 16.9 Å². The van der Waals surface area contributed by atoms with Crippen LogP contribution < -0.4 is 5.73 Å². The summed E-state index contributed by atoms with van der Waals surface area (Å²) in [5, 5.41) is 0.418. The smallest absolute Gasteiger partial charge is 0.154 e. The van der Waals surface area contributed by atoms with Crippen molar-refractivity contribution < 1.29 is 13.5 Å². The molecule has 0 aliphatic carbocycles. The summed E-state index contributed by atoms with van der Waals surface area (Å²) in [5.41, 5.74) is 6.52. The number of halogens is 2. The topological polar surface area (TPSA) is 47.6 Å². The van der Waals surface area contributed by atoms with E-state index in [1.165, 1.54) is 23.9 Å². The molecule has 2 aromatic rings. The molecule has 25 heavy (non-hydrogen) atoms. The van der Waals surface area contributed by atoms with Crippen molar-refractivity contribution in [1.82, 2.24) is 0 Å². The number of thioether (sulfide) groups is 1. The first kappa shape index (κ1) is 16.5. The summed E-state index contributed by atoms with van der Waals surface area (Å²) < 4.78 is 34.0. The van der Waals surface area contributed by atoms with Gasteiger partial charge in [-0.15, -0.1) is 0 Å². The lowest BCUT2D eigenvalue weighted by molar-refractivity contribution is -0.0587. The lowest BCUT2D eigenvalue weighted by atomic mass is 9.74. The summed E-state index contributed by atoms with van der Waals surface area (Å²) in [7, 11) is 0. The SMILES string of the molecule is NC1=N[C@@]2(c3ccc(F)cc3F)CO[C@@H](c3ccccc3)C[C@H]2CS1. The van der Waals surface area contributed by atoms with Gasteiger partial charge in [0, 0.05) is 23.3 Å². The van der Waals surface area contributed by atoms with Crippen molar-refractivity contribution in [2.45, 2.75) is 18.1 Å². The Bertz CT molecular complexity index is 814. The van der Waals surface area contributed by atoms with Crippen molar-refractivity contribution in [3.63, 3.8) is 0 Å². The first-order valence-electron chi connectivity index (χ1n) is 8.19. The van der Waals surface area contributed by atoms with E-state index in [4.69, 9.17) is 10.5 Å². The molecule has 0 aromatic heterocycles. The lowest BCUT2D eigenvalue weighted by Gasteiger charge is -2.46. The standard InChI is InChI=1S/C19H18F2N2OS/c20-14-6-7-15(16(21)9-14)19-11-24-17(12-4-2-1-3-5-12)8-13(19)10-25-18(22)23-19/h1-7,9,13,17H,8,10-11H2,(H2,22,23)/t13-,17+,19-/m0/s1. The van der Waals surface area contributed by atoms with Crippen LogP contribution in [0.4, 0.5) is 8.78 Å². The van der Waals surface area contributed by atoms with Crippen LogP contribution in [-0.2, 0) is 10.3 Å². The molecule has 3 atom stereocenters. The van der Waals surface area contributed by atoms with Gasteiger partial charge < -0.3 is 10.5 Å². The number of hydrogen-bond donors (Lipinski definition) is 1. The fraction of sp³-hybridized carbons (Fsp3) is 0.316. The van der Waals surface area contributed by atoms with Gasteiger partial charge in [0.2, 0.25) is 0 Å². The number of fused-ring (bicyclic) bond motifs is 1. The maximum absolute atomic E-state index is 14.5. The van der Waals surface area contributed by atoms with Crippen LogP contribution >= 0.6 is 11.8 Å². The summed E-state index contributed by atoms with van der Waals surface area (Å²) in [6, 6.07) is 13.6. The van der Waals surface area contributed by atoms with Crippen LogP contribution in [-0.4, -0.2) is 17.5 Å². The third kappa shape index (κ3) is 2.93. The van der Waals surface area contributed by atoms with Crippen LogP contribution in [0.5, 0.6) is 0 Å². The van der Waals surface area contributed by atoms with E-state index in [-0.39, 0.29) is 18.6 Å². The molecule has 0 amide bonds. The van der Waals surface area contributed by atoms with Gasteiger partial charge in [0.25, 0.3) is 0 Å². The highest BCUT2D eigenvalue weighted by Crippen LogP contribution is 2.49. The summed E-state index contributed by atoms with van der Waals surface area (Å²) >= 11 is 1.48. The monoisotopic (exact) mass is 360 g/mol. The highest BCUT2D eigenvalue weighted by molar-refractivity contribution is 8.13. The zero-order chi connectivity index (χ0) is 17.4. The van der Waals surface area contributed by atoms with E-state index < -0.39 is 17.2 Å². The molecule has 2 aliphatic rings. The second-order valence-electron chi connectivity index (χ2n) is 6.45. The van der Waals surface area contributed by atoms with Crippen molar-refractivity contribution in [3.05, 3.63) is 71.3 Å². The Morgan fingerprint density at radius 1 is 1.16 bits per heavy atom. The van der Waals surface area contributed by atoms with Gasteiger partial charge >= 0.3 is 0 Å². The van der Waals surface area contributed by atoms with Crippen LogP contribution in [0.2, 0.25) is 0 Å². The fourth-order valence-corrected chi connectivity index (χ4v) is 4.72.